The Morgan fingerprint density at radius 3 is 2.12 bits per heavy atom. The zero-order valence-corrected chi connectivity index (χ0v) is 20.2. The smallest absolute Gasteiger partial charge is 0.261 e. The van der Waals surface area contributed by atoms with Crippen LogP contribution in [0.15, 0.2) is 59.5 Å². The second kappa shape index (κ2) is 9.17. The first-order chi connectivity index (χ1) is 15.0. The molecule has 0 heterocycles. The topological polar surface area (TPSA) is 75.3 Å². The second-order valence-corrected chi connectivity index (χ2v) is 10.1. The summed E-state index contributed by atoms with van der Waals surface area (Å²) in [5.41, 5.74) is 6.95. The van der Waals surface area contributed by atoms with Crippen molar-refractivity contribution >= 4 is 21.6 Å². The van der Waals surface area contributed by atoms with Gasteiger partial charge in [-0.25, -0.2) is 8.42 Å². The summed E-state index contributed by atoms with van der Waals surface area (Å²) in [4.78, 5) is 13.2. The monoisotopic (exact) mass is 450 g/mol. The van der Waals surface area contributed by atoms with Crippen molar-refractivity contribution in [1.82, 2.24) is 5.32 Å². The summed E-state index contributed by atoms with van der Waals surface area (Å²) in [7, 11) is -3.76. The Morgan fingerprint density at radius 2 is 1.47 bits per heavy atom. The first-order valence-electron chi connectivity index (χ1n) is 10.6. The van der Waals surface area contributed by atoms with Gasteiger partial charge in [0.25, 0.3) is 15.9 Å². The van der Waals surface area contributed by atoms with E-state index in [4.69, 9.17) is 0 Å². The van der Waals surface area contributed by atoms with Crippen LogP contribution in [0.25, 0.3) is 0 Å². The highest BCUT2D eigenvalue weighted by Gasteiger charge is 2.20. The van der Waals surface area contributed by atoms with Crippen LogP contribution in [-0.2, 0) is 10.0 Å². The summed E-state index contributed by atoms with van der Waals surface area (Å²) < 4.78 is 28.2. The third kappa shape index (κ3) is 5.02. The van der Waals surface area contributed by atoms with Gasteiger partial charge in [0.1, 0.15) is 0 Å². The fraction of sp³-hybridized carbons (Fsp3) is 0.269. The van der Waals surface area contributed by atoms with Gasteiger partial charge in [-0.15, -0.1) is 0 Å². The fourth-order valence-corrected chi connectivity index (χ4v) is 4.84. The number of carbonyl (C=O) groups is 1. The highest BCUT2D eigenvalue weighted by Crippen LogP contribution is 2.25. The number of sulfonamides is 1. The minimum Gasteiger partial charge on any atom is -0.345 e. The first-order valence-corrected chi connectivity index (χ1v) is 12.1. The Balaban J connectivity index is 1.84. The molecular formula is C26H30N2O3S. The fourth-order valence-electron chi connectivity index (χ4n) is 3.71. The van der Waals surface area contributed by atoms with Crippen LogP contribution >= 0.6 is 0 Å². The molecule has 0 fully saturated rings. The molecule has 3 rings (SSSR count). The summed E-state index contributed by atoms with van der Waals surface area (Å²) in [5.74, 6) is -0.246. The number of amides is 1. The maximum atomic E-state index is 13.0. The van der Waals surface area contributed by atoms with Gasteiger partial charge < -0.3 is 5.32 Å². The molecule has 0 aliphatic rings. The summed E-state index contributed by atoms with van der Waals surface area (Å²) in [6.45, 7) is 11.8. The molecule has 0 spiro atoms. The summed E-state index contributed by atoms with van der Waals surface area (Å²) in [6, 6.07) is 15.7. The van der Waals surface area contributed by atoms with Gasteiger partial charge in [-0.3, -0.25) is 9.52 Å². The van der Waals surface area contributed by atoms with Crippen LogP contribution in [0.5, 0.6) is 0 Å². The van der Waals surface area contributed by atoms with Crippen LogP contribution in [0.2, 0.25) is 0 Å². The number of anilines is 1. The molecule has 0 bridgehead atoms. The molecule has 0 radical (unpaired) electrons. The zero-order chi connectivity index (χ0) is 23.6. The number of carbonyl (C=O) groups excluding carboxylic acids is 1. The number of benzene rings is 3. The molecular weight excluding hydrogens is 420 g/mol. The molecule has 5 nitrogen and oxygen atoms in total. The standard InChI is InChI=1S/C26H30N2O3S/c1-16-10-12-22(13-11-16)32(30,31)28-25-9-7-8-23(20(25)5)26(29)27-21(6)24-15-18(3)17(2)14-19(24)4/h7-15,21,28H,1-6H3,(H,27,29). The van der Waals surface area contributed by atoms with Crippen molar-refractivity contribution in [3.63, 3.8) is 0 Å². The molecule has 1 unspecified atom stereocenters. The van der Waals surface area contributed by atoms with Crippen LogP contribution in [0.1, 0.15) is 56.7 Å². The second-order valence-electron chi connectivity index (χ2n) is 8.38. The summed E-state index contributed by atoms with van der Waals surface area (Å²) in [5, 5.41) is 3.05. The van der Waals surface area contributed by atoms with E-state index in [1.54, 1.807) is 49.4 Å². The quantitative estimate of drug-likeness (QED) is 0.519. The lowest BCUT2D eigenvalue weighted by Crippen LogP contribution is -2.28. The molecule has 1 amide bonds. The van der Waals surface area contributed by atoms with Crippen molar-refractivity contribution in [2.75, 3.05) is 4.72 Å². The summed E-state index contributed by atoms with van der Waals surface area (Å²) in [6.07, 6.45) is 0. The largest absolute Gasteiger partial charge is 0.345 e. The molecule has 1 atom stereocenters. The van der Waals surface area contributed by atoms with E-state index in [2.05, 4.69) is 36.0 Å². The average molecular weight is 451 g/mol. The Bertz CT molecular complexity index is 1260. The minimum atomic E-state index is -3.76. The molecule has 3 aromatic rings. The van der Waals surface area contributed by atoms with Gasteiger partial charge in [-0.1, -0.05) is 35.9 Å². The zero-order valence-electron chi connectivity index (χ0n) is 19.4. The third-order valence-electron chi connectivity index (χ3n) is 5.85. The molecule has 0 saturated heterocycles. The van der Waals surface area contributed by atoms with Crippen LogP contribution < -0.4 is 10.0 Å². The first kappa shape index (κ1) is 23.5. The van der Waals surface area contributed by atoms with Crippen molar-refractivity contribution in [2.45, 2.75) is 52.5 Å². The molecule has 3 aromatic carbocycles. The summed E-state index contributed by atoms with van der Waals surface area (Å²) >= 11 is 0. The van der Waals surface area contributed by atoms with E-state index in [1.807, 2.05) is 20.8 Å². The predicted molar refractivity (Wildman–Crippen MR) is 130 cm³/mol. The lowest BCUT2D eigenvalue weighted by molar-refractivity contribution is 0.0939. The lowest BCUT2D eigenvalue weighted by atomic mass is 9.96. The van der Waals surface area contributed by atoms with Gasteiger partial charge in [0, 0.05) is 5.56 Å². The van der Waals surface area contributed by atoms with Crippen LogP contribution in [0.4, 0.5) is 5.69 Å². The van der Waals surface area contributed by atoms with E-state index >= 15 is 0 Å². The molecule has 2 N–H and O–H groups in total. The molecule has 6 heteroatoms. The molecule has 0 aromatic heterocycles. The maximum Gasteiger partial charge on any atom is 0.261 e. The van der Waals surface area contributed by atoms with Crippen molar-refractivity contribution in [1.29, 1.82) is 0 Å². The number of rotatable bonds is 6. The van der Waals surface area contributed by atoms with E-state index in [1.165, 1.54) is 11.1 Å². The normalized spacial score (nSPS) is 12.3. The van der Waals surface area contributed by atoms with E-state index < -0.39 is 10.0 Å². The number of nitrogens with one attached hydrogen (secondary N) is 2. The predicted octanol–water partition coefficient (Wildman–Crippen LogP) is 5.52. The van der Waals surface area contributed by atoms with Gasteiger partial charge in [-0.2, -0.15) is 0 Å². The van der Waals surface area contributed by atoms with Gasteiger partial charge >= 0.3 is 0 Å². The average Bonchev–Trinajstić information content (AvgIpc) is 2.72. The molecule has 0 aliphatic carbocycles. The van der Waals surface area contributed by atoms with Crippen molar-refractivity contribution in [3.8, 4) is 0 Å². The molecule has 168 valence electrons. The van der Waals surface area contributed by atoms with Crippen LogP contribution in [0.3, 0.4) is 0 Å². The Labute approximate surface area is 190 Å². The van der Waals surface area contributed by atoms with E-state index in [0.717, 1.165) is 16.7 Å². The van der Waals surface area contributed by atoms with E-state index in [9.17, 15) is 13.2 Å². The van der Waals surface area contributed by atoms with E-state index in [-0.39, 0.29) is 16.8 Å². The van der Waals surface area contributed by atoms with Gasteiger partial charge in [0.15, 0.2) is 0 Å². The molecule has 0 saturated carbocycles. The highest BCUT2D eigenvalue weighted by atomic mass is 32.2. The van der Waals surface area contributed by atoms with Gasteiger partial charge in [0.2, 0.25) is 0 Å². The third-order valence-corrected chi connectivity index (χ3v) is 7.23. The lowest BCUT2D eigenvalue weighted by Gasteiger charge is -2.20. The van der Waals surface area contributed by atoms with Crippen LogP contribution in [0, 0.1) is 34.6 Å². The highest BCUT2D eigenvalue weighted by molar-refractivity contribution is 7.92. The van der Waals surface area contributed by atoms with Gasteiger partial charge in [0.05, 0.1) is 16.6 Å². The Kier molecular flexibility index (Phi) is 6.74. The minimum absolute atomic E-state index is 0.177. The maximum absolute atomic E-state index is 13.0. The van der Waals surface area contributed by atoms with Crippen molar-refractivity contribution < 1.29 is 13.2 Å². The van der Waals surface area contributed by atoms with E-state index in [0.29, 0.717) is 16.8 Å². The Morgan fingerprint density at radius 1 is 0.844 bits per heavy atom. The van der Waals surface area contributed by atoms with Gasteiger partial charge in [-0.05, 0) is 93.6 Å². The Hall–Kier alpha value is -3.12. The van der Waals surface area contributed by atoms with Crippen LogP contribution in [-0.4, -0.2) is 14.3 Å². The number of hydrogen-bond acceptors (Lipinski definition) is 3. The number of hydrogen-bond donors (Lipinski definition) is 2. The SMILES string of the molecule is Cc1ccc(S(=O)(=O)Nc2cccc(C(=O)NC(C)c3cc(C)c(C)cc3C)c2C)cc1. The van der Waals surface area contributed by atoms with Crippen molar-refractivity contribution in [2.24, 2.45) is 0 Å². The molecule has 0 aliphatic heterocycles. The number of aryl methyl sites for hydroxylation is 4. The molecule has 32 heavy (non-hydrogen) atoms. The van der Waals surface area contributed by atoms with Crippen molar-refractivity contribution in [3.05, 3.63) is 93.5 Å².